The summed E-state index contributed by atoms with van der Waals surface area (Å²) in [5.41, 5.74) is 0.243. The lowest BCUT2D eigenvalue weighted by molar-refractivity contribution is 0.00722. The first-order valence-electron chi connectivity index (χ1n) is 7.81. The Balaban J connectivity index is 1.46. The molecule has 2 aliphatic rings. The van der Waals surface area contributed by atoms with Gasteiger partial charge in [-0.15, -0.1) is 11.3 Å². The summed E-state index contributed by atoms with van der Waals surface area (Å²) < 4.78 is 5.93. The highest BCUT2D eigenvalue weighted by Crippen LogP contribution is 2.41. The first kappa shape index (κ1) is 14.5. The summed E-state index contributed by atoms with van der Waals surface area (Å²) in [6, 6.07) is 0. The monoisotopic (exact) mass is 294 g/mol. The van der Waals surface area contributed by atoms with Crippen LogP contribution in [0.4, 0.5) is 0 Å². The summed E-state index contributed by atoms with van der Waals surface area (Å²) in [5, 5.41) is 4.95. The van der Waals surface area contributed by atoms with Gasteiger partial charge in [0.1, 0.15) is 0 Å². The molecule has 2 fully saturated rings. The van der Waals surface area contributed by atoms with E-state index in [1.54, 1.807) is 0 Å². The van der Waals surface area contributed by atoms with Crippen molar-refractivity contribution in [2.75, 3.05) is 13.2 Å². The van der Waals surface area contributed by atoms with E-state index in [0.717, 1.165) is 25.6 Å². The standard InChI is InChI=1S/C16H26N2OS/c1-16(2,3)14-12(6-7-19-14)8-17-9-13-10-18-15(20-13)11-4-5-11/h10-12,14,17H,4-9H2,1-3H3/t12-,14+/m1/s1. The molecule has 1 aliphatic heterocycles. The van der Waals surface area contributed by atoms with Gasteiger partial charge in [-0.25, -0.2) is 4.98 Å². The molecule has 0 bridgehead atoms. The summed E-state index contributed by atoms with van der Waals surface area (Å²) in [7, 11) is 0. The molecule has 1 N–H and O–H groups in total. The molecular formula is C16H26N2OS. The molecule has 2 atom stereocenters. The Labute approximate surface area is 126 Å². The minimum atomic E-state index is 0.243. The van der Waals surface area contributed by atoms with E-state index in [2.05, 4.69) is 37.3 Å². The first-order valence-corrected chi connectivity index (χ1v) is 8.62. The fourth-order valence-corrected chi connectivity index (χ4v) is 4.16. The largest absolute Gasteiger partial charge is 0.377 e. The molecule has 20 heavy (non-hydrogen) atoms. The maximum absolute atomic E-state index is 5.93. The van der Waals surface area contributed by atoms with Crippen molar-refractivity contribution in [2.24, 2.45) is 11.3 Å². The normalized spacial score (nSPS) is 27.1. The lowest BCUT2D eigenvalue weighted by Gasteiger charge is -2.31. The van der Waals surface area contributed by atoms with Gasteiger partial charge < -0.3 is 10.1 Å². The molecule has 0 unspecified atom stereocenters. The van der Waals surface area contributed by atoms with Crippen molar-refractivity contribution in [2.45, 2.75) is 58.6 Å². The highest BCUT2D eigenvalue weighted by atomic mass is 32.1. The molecule has 0 radical (unpaired) electrons. The average Bonchev–Trinajstić information content (AvgIpc) is 2.93. The van der Waals surface area contributed by atoms with Crippen molar-refractivity contribution in [1.29, 1.82) is 0 Å². The van der Waals surface area contributed by atoms with Gasteiger partial charge in [0.25, 0.3) is 0 Å². The number of hydrogen-bond donors (Lipinski definition) is 1. The Morgan fingerprint density at radius 2 is 2.15 bits per heavy atom. The Kier molecular flexibility index (Phi) is 4.16. The number of aromatic nitrogens is 1. The van der Waals surface area contributed by atoms with E-state index in [0.29, 0.717) is 12.0 Å². The van der Waals surface area contributed by atoms with Crippen LogP contribution in [0.15, 0.2) is 6.20 Å². The minimum Gasteiger partial charge on any atom is -0.377 e. The molecule has 1 saturated carbocycles. The van der Waals surface area contributed by atoms with E-state index < -0.39 is 0 Å². The molecule has 3 rings (SSSR count). The van der Waals surface area contributed by atoms with Gasteiger partial charge in [0.2, 0.25) is 0 Å². The van der Waals surface area contributed by atoms with Crippen molar-refractivity contribution >= 4 is 11.3 Å². The van der Waals surface area contributed by atoms with Crippen LogP contribution in [0.5, 0.6) is 0 Å². The van der Waals surface area contributed by atoms with E-state index in [4.69, 9.17) is 4.74 Å². The van der Waals surface area contributed by atoms with E-state index in [1.165, 1.54) is 29.1 Å². The zero-order valence-corrected chi connectivity index (χ0v) is 13.6. The van der Waals surface area contributed by atoms with Gasteiger partial charge in [0, 0.05) is 42.6 Å². The molecule has 0 spiro atoms. The molecule has 1 aromatic heterocycles. The molecule has 3 nitrogen and oxygen atoms in total. The number of nitrogens with zero attached hydrogens (tertiary/aromatic N) is 1. The fraction of sp³-hybridized carbons (Fsp3) is 0.812. The molecule has 2 heterocycles. The van der Waals surface area contributed by atoms with Crippen LogP contribution < -0.4 is 5.32 Å². The van der Waals surface area contributed by atoms with Crippen LogP contribution in [-0.4, -0.2) is 24.2 Å². The van der Waals surface area contributed by atoms with Crippen LogP contribution in [0.1, 0.15) is 55.8 Å². The average molecular weight is 294 g/mol. The van der Waals surface area contributed by atoms with Crippen LogP contribution in [-0.2, 0) is 11.3 Å². The fourth-order valence-electron chi connectivity index (χ4n) is 3.10. The van der Waals surface area contributed by atoms with E-state index in [9.17, 15) is 0 Å². The lowest BCUT2D eigenvalue weighted by atomic mass is 9.81. The van der Waals surface area contributed by atoms with E-state index in [1.807, 2.05) is 11.3 Å². The molecule has 0 amide bonds. The molecular weight excluding hydrogens is 268 g/mol. The summed E-state index contributed by atoms with van der Waals surface area (Å²) in [6.07, 6.45) is 6.31. The van der Waals surface area contributed by atoms with E-state index >= 15 is 0 Å². The number of nitrogens with one attached hydrogen (secondary N) is 1. The van der Waals surface area contributed by atoms with Crippen molar-refractivity contribution in [3.05, 3.63) is 16.1 Å². The molecule has 0 aromatic carbocycles. The van der Waals surface area contributed by atoms with E-state index in [-0.39, 0.29) is 5.41 Å². The highest BCUT2D eigenvalue weighted by molar-refractivity contribution is 7.11. The molecule has 1 saturated heterocycles. The smallest absolute Gasteiger partial charge is 0.0959 e. The SMILES string of the molecule is CC(C)(C)[C@H]1OCC[C@@H]1CNCc1cnc(C2CC2)s1. The number of thiazole rings is 1. The predicted octanol–water partition coefficient (Wildman–Crippen LogP) is 3.56. The topological polar surface area (TPSA) is 34.1 Å². The third-order valence-corrected chi connectivity index (χ3v) is 5.43. The van der Waals surface area contributed by atoms with Gasteiger partial charge in [-0.2, -0.15) is 0 Å². The minimum absolute atomic E-state index is 0.243. The zero-order valence-electron chi connectivity index (χ0n) is 12.8. The molecule has 4 heteroatoms. The maximum atomic E-state index is 5.93. The predicted molar refractivity (Wildman–Crippen MR) is 83.1 cm³/mol. The highest BCUT2D eigenvalue weighted by Gasteiger charge is 2.36. The summed E-state index contributed by atoms with van der Waals surface area (Å²) in [5.74, 6) is 1.42. The van der Waals surface area contributed by atoms with Gasteiger partial charge in [0.05, 0.1) is 11.1 Å². The van der Waals surface area contributed by atoms with Crippen LogP contribution in [0.25, 0.3) is 0 Å². The van der Waals surface area contributed by atoms with Gasteiger partial charge in [-0.1, -0.05) is 20.8 Å². The zero-order chi connectivity index (χ0) is 14.2. The number of ether oxygens (including phenoxy) is 1. The van der Waals surface area contributed by atoms with Crippen LogP contribution in [0.3, 0.4) is 0 Å². The molecule has 1 aromatic rings. The Morgan fingerprint density at radius 1 is 1.35 bits per heavy atom. The Hall–Kier alpha value is -0.450. The second-order valence-electron chi connectivity index (χ2n) is 7.28. The quantitative estimate of drug-likeness (QED) is 0.901. The van der Waals surface area contributed by atoms with Crippen LogP contribution in [0.2, 0.25) is 0 Å². The van der Waals surface area contributed by atoms with Crippen molar-refractivity contribution < 1.29 is 4.74 Å². The van der Waals surface area contributed by atoms with Crippen molar-refractivity contribution in [3.63, 3.8) is 0 Å². The Bertz CT molecular complexity index is 448. The number of rotatable bonds is 5. The number of hydrogen-bond acceptors (Lipinski definition) is 4. The lowest BCUT2D eigenvalue weighted by Crippen LogP contribution is -2.36. The third kappa shape index (κ3) is 3.41. The third-order valence-electron chi connectivity index (χ3n) is 4.27. The van der Waals surface area contributed by atoms with Gasteiger partial charge in [-0.05, 0) is 24.7 Å². The van der Waals surface area contributed by atoms with Crippen LogP contribution >= 0.6 is 11.3 Å². The van der Waals surface area contributed by atoms with Crippen LogP contribution in [0, 0.1) is 11.3 Å². The second kappa shape index (κ2) is 5.74. The summed E-state index contributed by atoms with van der Waals surface area (Å²) in [6.45, 7) is 9.76. The van der Waals surface area contributed by atoms with Gasteiger partial charge in [0.15, 0.2) is 0 Å². The van der Waals surface area contributed by atoms with Gasteiger partial charge >= 0.3 is 0 Å². The van der Waals surface area contributed by atoms with Crippen molar-refractivity contribution in [1.82, 2.24) is 10.3 Å². The summed E-state index contributed by atoms with van der Waals surface area (Å²) in [4.78, 5) is 5.91. The Morgan fingerprint density at radius 3 is 2.85 bits per heavy atom. The second-order valence-corrected chi connectivity index (χ2v) is 8.42. The molecule has 112 valence electrons. The maximum Gasteiger partial charge on any atom is 0.0959 e. The van der Waals surface area contributed by atoms with Crippen molar-refractivity contribution in [3.8, 4) is 0 Å². The first-order chi connectivity index (χ1) is 9.54. The molecule has 1 aliphatic carbocycles. The summed E-state index contributed by atoms with van der Waals surface area (Å²) >= 11 is 1.89. The van der Waals surface area contributed by atoms with Gasteiger partial charge in [-0.3, -0.25) is 0 Å².